The normalized spacial score (nSPS) is 17.1. The molecule has 2 fully saturated rings. The average Bonchev–Trinajstić information content (AvgIpc) is 4.23. The molecule has 3 aliphatic heterocycles. The minimum atomic E-state index is -0.761. The first-order chi connectivity index (χ1) is 37.7. The van der Waals surface area contributed by atoms with Gasteiger partial charge < -0.3 is 42.6 Å². The van der Waals surface area contributed by atoms with Crippen LogP contribution in [0.1, 0.15) is 91.8 Å². The Morgan fingerprint density at radius 1 is 0.810 bits per heavy atom. The molecule has 0 spiro atoms. The van der Waals surface area contributed by atoms with Crippen LogP contribution in [0.3, 0.4) is 0 Å². The van der Waals surface area contributed by atoms with Crippen molar-refractivity contribution >= 4 is 64.2 Å². The van der Waals surface area contributed by atoms with Gasteiger partial charge in [-0.25, -0.2) is 9.78 Å². The number of esters is 1. The van der Waals surface area contributed by atoms with Crippen LogP contribution in [0.5, 0.6) is 28.7 Å². The van der Waals surface area contributed by atoms with Gasteiger partial charge in [0.1, 0.15) is 59.9 Å². The van der Waals surface area contributed by atoms with Crippen molar-refractivity contribution in [2.75, 3.05) is 66.9 Å². The number of ketones is 1. The number of carbonyl (C=O) groups is 4. The number of halogens is 1. The van der Waals surface area contributed by atoms with E-state index >= 15 is 0 Å². The van der Waals surface area contributed by atoms with Crippen molar-refractivity contribution in [3.63, 3.8) is 0 Å². The number of aryl methyl sites for hydroxylation is 1. The zero-order chi connectivity index (χ0) is 56.6. The number of quaternary nitrogens is 1. The molecule has 2 saturated heterocycles. The quantitative estimate of drug-likeness (QED) is 0.0187. The maximum Gasteiger partial charge on any atom is 0.355 e. The van der Waals surface area contributed by atoms with Gasteiger partial charge in [-0.2, -0.15) is 4.37 Å². The zero-order valence-electron chi connectivity index (χ0n) is 46.6. The number of methoxy groups -OCH3 is 3. The van der Waals surface area contributed by atoms with Crippen molar-refractivity contribution in [2.24, 2.45) is 16.5 Å². The first-order valence-electron chi connectivity index (χ1n) is 26.2. The third-order valence-electron chi connectivity index (χ3n) is 15.1. The van der Waals surface area contributed by atoms with E-state index in [9.17, 15) is 19.2 Å². The molecule has 3 aliphatic rings. The predicted molar refractivity (Wildman–Crippen MR) is 304 cm³/mol. The van der Waals surface area contributed by atoms with Crippen molar-refractivity contribution in [3.8, 4) is 28.7 Å². The minimum absolute atomic E-state index is 0.0361. The van der Waals surface area contributed by atoms with Gasteiger partial charge in [-0.3, -0.25) is 19.3 Å². The van der Waals surface area contributed by atoms with Gasteiger partial charge in [0.25, 0.3) is 5.91 Å². The molecule has 0 saturated carbocycles. The van der Waals surface area contributed by atoms with E-state index in [1.807, 2.05) is 95.3 Å². The number of amides is 2. The molecule has 5 aromatic rings. The second-order valence-electron chi connectivity index (χ2n) is 21.6. The predicted octanol–water partition coefficient (Wildman–Crippen LogP) is 10.1. The summed E-state index contributed by atoms with van der Waals surface area (Å²) in [6.07, 6.45) is 1.70. The van der Waals surface area contributed by atoms with E-state index in [2.05, 4.69) is 14.5 Å². The molecule has 0 aliphatic carbocycles. The number of benzene rings is 4. The molecule has 2 amide bonds. The maximum atomic E-state index is 14.6. The number of β-lactam (4-membered cyclic amide) rings is 1. The van der Waals surface area contributed by atoms with Gasteiger partial charge in [0.15, 0.2) is 28.8 Å². The summed E-state index contributed by atoms with van der Waals surface area (Å²) >= 11 is 9.81. The molecule has 420 valence electrons. The summed E-state index contributed by atoms with van der Waals surface area (Å²) in [4.78, 5) is 71.5. The van der Waals surface area contributed by atoms with Gasteiger partial charge in [0, 0.05) is 43.1 Å². The van der Waals surface area contributed by atoms with Crippen LogP contribution in [-0.2, 0) is 43.8 Å². The standard InChI is InChI=1S/C59H70ClN6O11S2/c1-37-61-53(63-79-37)50(62-77-59(5,6)58(2,3)4)47(67)31-46-55(69)65-51(57(70)76-35-40-17-23-44(73-10)24-18-40)41(36-78-56(46)65)32-66(28-11-12-29-66)30-27-64(7)54(68)45-25-26-48(74-33-38-13-19-42(71-8)20-14-38)52(49(45)60)75-34-39-15-21-43(72-9)22-16-39/h13-26,46,56H,11-12,27-36H2,1-10H3/q+1/b62-50-/t46-,56-/m1/s1. The number of carbonyl (C=O) groups excluding carboxylic acids is 4. The van der Waals surface area contributed by atoms with E-state index in [-0.39, 0.29) is 77.0 Å². The molecule has 79 heavy (non-hydrogen) atoms. The molecule has 4 aromatic carbocycles. The van der Waals surface area contributed by atoms with Crippen LogP contribution < -0.4 is 23.7 Å². The Kier molecular flexibility index (Phi) is 18.7. The smallest absolute Gasteiger partial charge is 0.355 e. The second kappa shape index (κ2) is 25.2. The number of ether oxygens (including phenoxy) is 6. The lowest BCUT2D eigenvalue weighted by Gasteiger charge is -2.50. The number of Topliss-reactive ketones (excluding diaryl/α,β-unsaturated/α-hetero) is 1. The van der Waals surface area contributed by atoms with E-state index in [0.29, 0.717) is 52.1 Å². The maximum absolute atomic E-state index is 14.6. The van der Waals surface area contributed by atoms with Gasteiger partial charge in [-0.1, -0.05) is 73.9 Å². The lowest BCUT2D eigenvalue weighted by Crippen LogP contribution is -2.63. The van der Waals surface area contributed by atoms with Crippen molar-refractivity contribution in [2.45, 2.75) is 91.6 Å². The number of rotatable bonds is 24. The highest BCUT2D eigenvalue weighted by molar-refractivity contribution is 8.00. The summed E-state index contributed by atoms with van der Waals surface area (Å²) in [5.74, 6) is 0.773. The fraction of sp³-hybridized carbons (Fsp3) is 0.441. The van der Waals surface area contributed by atoms with Gasteiger partial charge in [-0.05, 0) is 97.5 Å². The van der Waals surface area contributed by atoms with Crippen LogP contribution in [-0.4, -0.2) is 131 Å². The molecular formula is C59H70ClN6O11S2+. The SMILES string of the molecule is COc1ccc(COC(=O)C2=C(C[N+]3(CCN(C)C(=O)c4ccc(OCc5ccc(OC)cc5)c(OCc5ccc(OC)cc5)c4Cl)CCCC3)CS[C@@H]3[C@H](CC(=O)/C(=N/OC(C)(C)C(C)(C)C)c4nsc(C)n4)C(=O)N23)cc1. The summed E-state index contributed by atoms with van der Waals surface area (Å²) in [5.41, 5.74) is 2.57. The first-order valence-corrected chi connectivity index (χ1v) is 28.4. The van der Waals surface area contributed by atoms with Crippen LogP contribution in [0.15, 0.2) is 101 Å². The van der Waals surface area contributed by atoms with Gasteiger partial charge >= 0.3 is 5.97 Å². The Bertz CT molecular complexity index is 3060. The topological polar surface area (TPSA) is 178 Å². The van der Waals surface area contributed by atoms with Gasteiger partial charge in [-0.15, -0.1) is 11.8 Å². The molecule has 2 atom stereocenters. The van der Waals surface area contributed by atoms with E-state index in [1.165, 1.54) is 16.7 Å². The van der Waals surface area contributed by atoms with Crippen LogP contribution in [0.4, 0.5) is 0 Å². The lowest BCUT2D eigenvalue weighted by molar-refractivity contribution is -0.911. The largest absolute Gasteiger partial charge is 0.497 e. The van der Waals surface area contributed by atoms with Crippen LogP contribution in [0.2, 0.25) is 5.02 Å². The highest BCUT2D eigenvalue weighted by Gasteiger charge is 2.55. The van der Waals surface area contributed by atoms with E-state index < -0.39 is 28.6 Å². The van der Waals surface area contributed by atoms with Gasteiger partial charge in [0.2, 0.25) is 5.91 Å². The first kappa shape index (κ1) is 58.5. The van der Waals surface area contributed by atoms with Gasteiger partial charge in [0.05, 0.1) is 69.4 Å². The molecule has 0 radical (unpaired) electrons. The third kappa shape index (κ3) is 13.7. The number of thioether (sulfide) groups is 1. The molecule has 1 aromatic heterocycles. The number of likely N-dealkylation sites (tertiary alicyclic amines) is 1. The van der Waals surface area contributed by atoms with Crippen LogP contribution in [0.25, 0.3) is 0 Å². The van der Waals surface area contributed by atoms with E-state index in [1.54, 1.807) is 64.5 Å². The number of hydrogen-bond acceptors (Lipinski definition) is 16. The molecule has 4 heterocycles. The summed E-state index contributed by atoms with van der Waals surface area (Å²) in [6.45, 7) is 14.9. The highest BCUT2D eigenvalue weighted by atomic mass is 35.5. The van der Waals surface area contributed by atoms with E-state index in [4.69, 9.17) is 44.9 Å². The zero-order valence-corrected chi connectivity index (χ0v) is 49.0. The number of hydrogen-bond donors (Lipinski definition) is 0. The molecule has 0 bridgehead atoms. The number of oxime groups is 1. The van der Waals surface area contributed by atoms with Crippen LogP contribution >= 0.6 is 34.9 Å². The number of nitrogens with zero attached hydrogens (tertiary/aromatic N) is 6. The van der Waals surface area contributed by atoms with Crippen molar-refractivity contribution < 1.29 is 56.9 Å². The number of likely N-dealkylation sites (N-methyl/N-ethyl adjacent to an activating group) is 1. The minimum Gasteiger partial charge on any atom is -0.497 e. The lowest BCUT2D eigenvalue weighted by atomic mass is 9.79. The average molecular weight is 1140 g/mol. The Morgan fingerprint density at radius 3 is 1.92 bits per heavy atom. The highest BCUT2D eigenvalue weighted by Crippen LogP contribution is 2.47. The molecule has 0 unspecified atom stereocenters. The summed E-state index contributed by atoms with van der Waals surface area (Å²) in [7, 11) is 6.55. The summed E-state index contributed by atoms with van der Waals surface area (Å²) in [5, 5.41) is 4.61. The van der Waals surface area contributed by atoms with Crippen molar-refractivity contribution in [3.05, 3.63) is 134 Å². The molecular weight excluding hydrogens is 1070 g/mol. The van der Waals surface area contributed by atoms with Crippen LogP contribution in [0, 0.1) is 18.3 Å². The third-order valence-corrected chi connectivity index (χ3v) is 17.5. The Hall–Kier alpha value is -6.67. The fourth-order valence-corrected chi connectivity index (χ4v) is 11.5. The van der Waals surface area contributed by atoms with E-state index in [0.717, 1.165) is 65.5 Å². The Labute approximate surface area is 475 Å². The molecule has 20 heteroatoms. The number of fused-ring (bicyclic) bond motifs is 1. The number of aromatic nitrogens is 2. The second-order valence-corrected chi connectivity index (χ2v) is 24.0. The fourth-order valence-electron chi connectivity index (χ4n) is 9.32. The van der Waals surface area contributed by atoms with Crippen molar-refractivity contribution in [1.29, 1.82) is 0 Å². The summed E-state index contributed by atoms with van der Waals surface area (Å²) in [6, 6.07) is 25.6. The molecule has 0 N–H and O–H groups in total. The Balaban J connectivity index is 1.02. The summed E-state index contributed by atoms with van der Waals surface area (Å²) < 4.78 is 39.6. The van der Waals surface area contributed by atoms with Crippen molar-refractivity contribution in [1.82, 2.24) is 19.2 Å². The monoisotopic (exact) mass is 1140 g/mol. The molecule has 8 rings (SSSR count). The molecule has 17 nitrogen and oxygen atoms in total. The Morgan fingerprint density at radius 2 is 1.38 bits per heavy atom.